The van der Waals surface area contributed by atoms with E-state index in [0.717, 1.165) is 30.5 Å². The summed E-state index contributed by atoms with van der Waals surface area (Å²) >= 11 is 6.38. The smallest absolute Gasteiger partial charge is 0.315 e. The molecule has 1 saturated heterocycles. The summed E-state index contributed by atoms with van der Waals surface area (Å²) in [4.78, 5) is 15.4. The molecule has 0 bridgehead atoms. The van der Waals surface area contributed by atoms with Gasteiger partial charge in [0.1, 0.15) is 0 Å². The second-order valence-corrected chi connectivity index (χ2v) is 9.60. The van der Waals surface area contributed by atoms with E-state index < -0.39 is 5.54 Å². The van der Waals surface area contributed by atoms with Gasteiger partial charge in [0.15, 0.2) is 0 Å². The number of nitrogens with zero attached hydrogens (tertiary/aromatic N) is 3. The molecule has 0 unspecified atom stereocenters. The first kappa shape index (κ1) is 21.9. The summed E-state index contributed by atoms with van der Waals surface area (Å²) in [7, 11) is 0. The van der Waals surface area contributed by atoms with E-state index in [1.54, 1.807) is 0 Å². The van der Waals surface area contributed by atoms with E-state index >= 15 is 0 Å². The van der Waals surface area contributed by atoms with Crippen molar-refractivity contribution in [3.8, 4) is 0 Å². The fraction of sp³-hybridized carbons (Fsp3) is 0.400. The van der Waals surface area contributed by atoms with Crippen molar-refractivity contribution in [1.82, 2.24) is 20.4 Å². The minimum absolute atomic E-state index is 0.0553. The molecule has 33 heavy (non-hydrogen) atoms. The summed E-state index contributed by atoms with van der Waals surface area (Å²) in [6.45, 7) is 4.81. The van der Waals surface area contributed by atoms with Crippen LogP contribution in [0.3, 0.4) is 0 Å². The van der Waals surface area contributed by atoms with Crippen molar-refractivity contribution in [3.63, 3.8) is 0 Å². The summed E-state index contributed by atoms with van der Waals surface area (Å²) in [5.41, 5.74) is 2.49. The highest BCUT2D eigenvalue weighted by atomic mass is 35.5. The van der Waals surface area contributed by atoms with Crippen LogP contribution in [0.1, 0.15) is 53.1 Å². The maximum atomic E-state index is 13.4. The van der Waals surface area contributed by atoms with Crippen molar-refractivity contribution in [2.45, 2.75) is 44.2 Å². The number of hydrogen-bond acceptors (Lipinski definition) is 6. The van der Waals surface area contributed by atoms with E-state index in [4.69, 9.17) is 16.0 Å². The molecule has 5 rings (SSSR count). The third-order valence-corrected chi connectivity index (χ3v) is 6.71. The molecule has 2 N–H and O–H groups in total. The molecule has 2 aromatic carbocycles. The lowest BCUT2D eigenvalue weighted by atomic mass is 9.86. The fourth-order valence-electron chi connectivity index (χ4n) is 4.47. The standard InChI is InChI=1S/C25H28ClN5O2/c1-25(16-27-11-12-31(25)23(32)18-5-3-2-4-6-18)14-20-13-21(26)10-9-19(20)15-28-24-30-29-22(33-24)17-7-8-17/h2-6,9-10,13,17,27H,7-8,11-12,14-16H2,1H3,(H,28,30)/t25-/m0/s1. The zero-order chi connectivity index (χ0) is 22.8. The van der Waals surface area contributed by atoms with E-state index in [1.165, 1.54) is 0 Å². The van der Waals surface area contributed by atoms with Gasteiger partial charge in [-0.05, 0) is 61.6 Å². The van der Waals surface area contributed by atoms with Gasteiger partial charge in [0.05, 0.1) is 5.54 Å². The maximum absolute atomic E-state index is 13.4. The first-order valence-corrected chi connectivity index (χ1v) is 11.8. The van der Waals surface area contributed by atoms with Crippen LogP contribution in [0.5, 0.6) is 0 Å². The number of anilines is 1. The summed E-state index contributed by atoms with van der Waals surface area (Å²) in [5.74, 6) is 1.19. The molecule has 172 valence electrons. The van der Waals surface area contributed by atoms with Gasteiger partial charge in [-0.25, -0.2) is 0 Å². The third-order valence-electron chi connectivity index (χ3n) is 6.47. The molecule has 1 saturated carbocycles. The van der Waals surface area contributed by atoms with E-state index in [1.807, 2.05) is 53.4 Å². The molecule has 1 atom stereocenters. The Balaban J connectivity index is 1.36. The first-order chi connectivity index (χ1) is 16.0. The van der Waals surface area contributed by atoms with Gasteiger partial charge in [0.25, 0.3) is 5.91 Å². The fourth-order valence-corrected chi connectivity index (χ4v) is 4.66. The lowest BCUT2D eigenvalue weighted by molar-refractivity contribution is 0.0426. The van der Waals surface area contributed by atoms with E-state index in [-0.39, 0.29) is 5.91 Å². The number of nitrogens with one attached hydrogen (secondary N) is 2. The topological polar surface area (TPSA) is 83.3 Å². The lowest BCUT2D eigenvalue weighted by Crippen LogP contribution is -2.62. The number of carbonyl (C=O) groups excluding carboxylic acids is 1. The molecule has 8 heteroatoms. The number of carbonyl (C=O) groups is 1. The van der Waals surface area contributed by atoms with E-state index in [9.17, 15) is 4.79 Å². The molecular formula is C25H28ClN5O2. The Labute approximate surface area is 198 Å². The second-order valence-electron chi connectivity index (χ2n) is 9.16. The van der Waals surface area contributed by atoms with Gasteiger partial charge in [-0.3, -0.25) is 4.79 Å². The van der Waals surface area contributed by atoms with Crippen LogP contribution in [-0.4, -0.2) is 46.2 Å². The molecule has 1 aliphatic carbocycles. The number of benzene rings is 2. The van der Waals surface area contributed by atoms with Crippen LogP contribution in [-0.2, 0) is 13.0 Å². The van der Waals surface area contributed by atoms with Gasteiger partial charge in [-0.1, -0.05) is 41.0 Å². The minimum atomic E-state index is -0.395. The number of amides is 1. The van der Waals surface area contributed by atoms with Crippen molar-refractivity contribution in [1.29, 1.82) is 0 Å². The maximum Gasteiger partial charge on any atom is 0.315 e. The number of hydrogen-bond donors (Lipinski definition) is 2. The van der Waals surface area contributed by atoms with Crippen LogP contribution in [0.25, 0.3) is 0 Å². The zero-order valence-electron chi connectivity index (χ0n) is 18.7. The highest BCUT2D eigenvalue weighted by Crippen LogP contribution is 2.39. The van der Waals surface area contributed by atoms with Gasteiger partial charge in [-0.2, -0.15) is 0 Å². The summed E-state index contributed by atoms with van der Waals surface area (Å²) in [6, 6.07) is 15.8. The first-order valence-electron chi connectivity index (χ1n) is 11.4. The summed E-state index contributed by atoms with van der Waals surface area (Å²) in [5, 5.41) is 15.7. The number of halogens is 1. The van der Waals surface area contributed by atoms with Crippen LogP contribution in [0.2, 0.25) is 5.02 Å². The highest BCUT2D eigenvalue weighted by molar-refractivity contribution is 6.30. The number of piperazine rings is 1. The Hall–Kier alpha value is -2.90. The molecule has 2 aliphatic rings. The van der Waals surface area contributed by atoms with Crippen molar-refractivity contribution in [2.75, 3.05) is 25.0 Å². The van der Waals surface area contributed by atoms with Crippen LogP contribution in [0.4, 0.5) is 6.01 Å². The molecule has 2 heterocycles. The molecule has 1 aromatic heterocycles. The largest absolute Gasteiger partial charge is 0.408 e. The normalized spacial score (nSPS) is 20.6. The predicted molar refractivity (Wildman–Crippen MR) is 128 cm³/mol. The summed E-state index contributed by atoms with van der Waals surface area (Å²) in [6.07, 6.45) is 2.91. The van der Waals surface area contributed by atoms with E-state index in [0.29, 0.717) is 54.5 Å². The van der Waals surface area contributed by atoms with Gasteiger partial charge in [0.2, 0.25) is 5.89 Å². The zero-order valence-corrected chi connectivity index (χ0v) is 19.4. The molecule has 0 radical (unpaired) electrons. The van der Waals surface area contributed by atoms with Crippen LogP contribution >= 0.6 is 11.6 Å². The molecule has 1 aliphatic heterocycles. The van der Waals surface area contributed by atoms with Crippen LogP contribution < -0.4 is 10.6 Å². The Morgan fingerprint density at radius 1 is 1.21 bits per heavy atom. The molecule has 1 amide bonds. The minimum Gasteiger partial charge on any atom is -0.408 e. The lowest BCUT2D eigenvalue weighted by Gasteiger charge is -2.46. The van der Waals surface area contributed by atoms with E-state index in [2.05, 4.69) is 27.8 Å². The Bertz CT molecular complexity index is 1130. The van der Waals surface area contributed by atoms with Crippen molar-refractivity contribution in [3.05, 3.63) is 76.1 Å². The molecule has 7 nitrogen and oxygen atoms in total. The Kier molecular flexibility index (Phi) is 6.08. The van der Waals surface area contributed by atoms with Gasteiger partial charge >= 0.3 is 6.01 Å². The highest BCUT2D eigenvalue weighted by Gasteiger charge is 2.38. The third kappa shape index (κ3) is 4.89. The average Bonchev–Trinajstić information content (AvgIpc) is 3.57. The average molecular weight is 466 g/mol. The predicted octanol–water partition coefficient (Wildman–Crippen LogP) is 4.26. The quantitative estimate of drug-likeness (QED) is 0.542. The Morgan fingerprint density at radius 3 is 2.82 bits per heavy atom. The van der Waals surface area contributed by atoms with Crippen molar-refractivity contribution in [2.24, 2.45) is 0 Å². The summed E-state index contributed by atoms with van der Waals surface area (Å²) < 4.78 is 5.74. The van der Waals surface area contributed by atoms with Crippen molar-refractivity contribution < 1.29 is 9.21 Å². The van der Waals surface area contributed by atoms with Gasteiger partial charge < -0.3 is 20.0 Å². The molecular weight excluding hydrogens is 438 g/mol. The second kappa shape index (κ2) is 9.15. The van der Waals surface area contributed by atoms with Crippen LogP contribution in [0, 0.1) is 0 Å². The number of rotatable bonds is 7. The molecule has 2 fully saturated rings. The SMILES string of the molecule is C[C@]1(Cc2cc(Cl)ccc2CNc2nnc(C3CC3)o2)CNCCN1C(=O)c1ccccc1. The van der Waals surface area contributed by atoms with Crippen molar-refractivity contribution >= 4 is 23.5 Å². The van der Waals surface area contributed by atoms with Gasteiger partial charge in [-0.15, -0.1) is 5.10 Å². The monoisotopic (exact) mass is 465 g/mol. The molecule has 0 spiro atoms. The van der Waals surface area contributed by atoms with Crippen LogP contribution in [0.15, 0.2) is 52.9 Å². The van der Waals surface area contributed by atoms with Gasteiger partial charge in [0, 0.05) is 42.7 Å². The number of aromatic nitrogens is 2. The molecule has 3 aromatic rings. The Morgan fingerprint density at radius 2 is 2.03 bits per heavy atom.